The first-order valence-electron chi connectivity index (χ1n) is 13.1. The van der Waals surface area contributed by atoms with Crippen LogP contribution < -0.4 is 10.1 Å². The Balaban J connectivity index is 1.34. The molecule has 0 spiro atoms. The van der Waals surface area contributed by atoms with Gasteiger partial charge in [0.25, 0.3) is 0 Å². The minimum Gasteiger partial charge on any atom is -0.491 e. The van der Waals surface area contributed by atoms with Crippen LogP contribution in [0.25, 0.3) is 6.08 Å². The number of allylic oxidation sites excluding steroid dienone is 1. The first-order chi connectivity index (χ1) is 18.2. The van der Waals surface area contributed by atoms with Gasteiger partial charge >= 0.3 is 0 Å². The molecule has 0 radical (unpaired) electrons. The van der Waals surface area contributed by atoms with Crippen molar-refractivity contribution in [1.82, 2.24) is 5.32 Å². The van der Waals surface area contributed by atoms with Gasteiger partial charge in [-0.15, -0.1) is 6.42 Å². The lowest BCUT2D eigenvalue weighted by Gasteiger charge is -2.45. The summed E-state index contributed by atoms with van der Waals surface area (Å²) in [5.74, 6) is 2.29. The number of ether oxygens (including phenoxy) is 3. The Bertz CT molecular complexity index is 1090. The Hall–Kier alpha value is -3.40. The van der Waals surface area contributed by atoms with Gasteiger partial charge in [-0.2, -0.15) is 0 Å². The van der Waals surface area contributed by atoms with E-state index in [-0.39, 0.29) is 36.2 Å². The fraction of sp³-hybridized carbons (Fsp3) is 0.419. The SMILES string of the molecule is C#CCOCCOCCOc1ccc(/C=C/C(=O)C2C(=O)NC3CCCCC3C2c2ccccc2)cc1. The molecule has 0 aromatic heterocycles. The number of rotatable bonds is 12. The van der Waals surface area contributed by atoms with E-state index in [1.807, 2.05) is 42.5 Å². The fourth-order valence-corrected chi connectivity index (χ4v) is 5.40. The molecule has 2 fully saturated rings. The van der Waals surface area contributed by atoms with Crippen LogP contribution in [0.5, 0.6) is 5.75 Å². The first-order valence-corrected chi connectivity index (χ1v) is 13.1. The van der Waals surface area contributed by atoms with Crippen LogP contribution in [0.4, 0.5) is 0 Å². The monoisotopic (exact) mass is 501 g/mol. The third-order valence-electron chi connectivity index (χ3n) is 7.11. The maximum absolute atomic E-state index is 13.4. The van der Waals surface area contributed by atoms with Crippen molar-refractivity contribution in [1.29, 1.82) is 0 Å². The lowest BCUT2D eigenvalue weighted by molar-refractivity contribution is -0.137. The van der Waals surface area contributed by atoms with Crippen molar-refractivity contribution in [3.8, 4) is 18.1 Å². The first kappa shape index (κ1) is 26.7. The number of terminal acetylenes is 1. The summed E-state index contributed by atoms with van der Waals surface area (Å²) in [4.78, 5) is 26.5. The minimum absolute atomic E-state index is 0.0979. The zero-order chi connectivity index (χ0) is 25.9. The molecule has 4 unspecified atom stereocenters. The Morgan fingerprint density at radius 1 is 0.973 bits per heavy atom. The number of amides is 1. The summed E-state index contributed by atoms with van der Waals surface area (Å²) in [7, 11) is 0. The van der Waals surface area contributed by atoms with E-state index in [0.29, 0.717) is 26.4 Å². The molecular weight excluding hydrogens is 466 g/mol. The van der Waals surface area contributed by atoms with Crippen LogP contribution in [0.1, 0.15) is 42.7 Å². The van der Waals surface area contributed by atoms with E-state index >= 15 is 0 Å². The molecule has 4 atom stereocenters. The highest BCUT2D eigenvalue weighted by molar-refractivity contribution is 6.09. The third kappa shape index (κ3) is 7.31. The van der Waals surface area contributed by atoms with Gasteiger partial charge in [0.05, 0.1) is 19.8 Å². The van der Waals surface area contributed by atoms with Crippen LogP contribution in [0.15, 0.2) is 60.7 Å². The molecule has 1 N–H and O–H groups in total. The maximum Gasteiger partial charge on any atom is 0.231 e. The Morgan fingerprint density at radius 2 is 1.70 bits per heavy atom. The molecule has 2 aromatic rings. The fourth-order valence-electron chi connectivity index (χ4n) is 5.40. The molecule has 1 aliphatic heterocycles. The highest BCUT2D eigenvalue weighted by Gasteiger charge is 2.47. The van der Waals surface area contributed by atoms with Gasteiger partial charge in [-0.3, -0.25) is 9.59 Å². The normalized spacial score (nSPS) is 23.2. The zero-order valence-corrected chi connectivity index (χ0v) is 21.1. The van der Waals surface area contributed by atoms with Crippen molar-refractivity contribution in [3.05, 3.63) is 71.8 Å². The van der Waals surface area contributed by atoms with Gasteiger partial charge in [-0.05, 0) is 48.1 Å². The summed E-state index contributed by atoms with van der Waals surface area (Å²) in [6, 6.07) is 17.7. The van der Waals surface area contributed by atoms with Crippen LogP contribution in [0.3, 0.4) is 0 Å². The second-order valence-electron chi connectivity index (χ2n) is 9.50. The van der Waals surface area contributed by atoms with Gasteiger partial charge in [-0.1, -0.05) is 67.3 Å². The summed E-state index contributed by atoms with van der Waals surface area (Å²) >= 11 is 0. The van der Waals surface area contributed by atoms with Crippen molar-refractivity contribution in [2.24, 2.45) is 11.8 Å². The van der Waals surface area contributed by atoms with Crippen LogP contribution in [0.2, 0.25) is 0 Å². The average Bonchev–Trinajstić information content (AvgIpc) is 2.93. The molecule has 0 bridgehead atoms. The van der Waals surface area contributed by atoms with Gasteiger partial charge in [-0.25, -0.2) is 0 Å². The number of fused-ring (bicyclic) bond motifs is 1. The van der Waals surface area contributed by atoms with Crippen molar-refractivity contribution in [2.75, 3.05) is 33.0 Å². The summed E-state index contributed by atoms with van der Waals surface area (Å²) in [5.41, 5.74) is 1.94. The largest absolute Gasteiger partial charge is 0.491 e. The molecule has 1 saturated heterocycles. The van der Waals surface area contributed by atoms with E-state index in [1.54, 1.807) is 12.2 Å². The lowest BCUT2D eigenvalue weighted by Crippen LogP contribution is -2.56. The van der Waals surface area contributed by atoms with Crippen molar-refractivity contribution in [3.63, 3.8) is 0 Å². The number of carbonyl (C=O) groups excluding carboxylic acids is 2. The van der Waals surface area contributed by atoms with E-state index < -0.39 is 5.92 Å². The Labute approximate surface area is 219 Å². The molecule has 2 aliphatic rings. The minimum atomic E-state index is -0.711. The van der Waals surface area contributed by atoms with Crippen molar-refractivity contribution < 1.29 is 23.8 Å². The van der Waals surface area contributed by atoms with Crippen molar-refractivity contribution >= 4 is 17.8 Å². The topological polar surface area (TPSA) is 73.9 Å². The van der Waals surface area contributed by atoms with E-state index in [9.17, 15) is 9.59 Å². The molecule has 6 heteroatoms. The second kappa shape index (κ2) is 13.8. The van der Waals surface area contributed by atoms with E-state index in [4.69, 9.17) is 20.6 Å². The number of hydrogen-bond donors (Lipinski definition) is 1. The summed E-state index contributed by atoms with van der Waals surface area (Å²) in [5, 5.41) is 3.16. The van der Waals surface area contributed by atoms with Gasteiger partial charge < -0.3 is 19.5 Å². The zero-order valence-electron chi connectivity index (χ0n) is 21.1. The maximum atomic E-state index is 13.4. The van der Waals surface area contributed by atoms with Crippen LogP contribution in [-0.4, -0.2) is 50.8 Å². The molecule has 194 valence electrons. The molecule has 2 aromatic carbocycles. The summed E-state index contributed by atoms with van der Waals surface area (Å²) in [6.45, 7) is 2.08. The number of ketones is 1. The summed E-state index contributed by atoms with van der Waals surface area (Å²) in [6.07, 6.45) is 12.7. The molecule has 37 heavy (non-hydrogen) atoms. The van der Waals surface area contributed by atoms with Crippen LogP contribution >= 0.6 is 0 Å². The molecular formula is C31H35NO5. The van der Waals surface area contributed by atoms with E-state index in [1.165, 1.54) is 0 Å². The molecule has 1 aliphatic carbocycles. The van der Waals surface area contributed by atoms with E-state index in [0.717, 1.165) is 42.6 Å². The quantitative estimate of drug-likeness (QED) is 0.202. The van der Waals surface area contributed by atoms with Crippen LogP contribution in [-0.2, 0) is 19.1 Å². The highest BCUT2D eigenvalue weighted by atomic mass is 16.5. The number of piperidine rings is 1. The predicted molar refractivity (Wildman–Crippen MR) is 143 cm³/mol. The number of hydrogen-bond acceptors (Lipinski definition) is 5. The van der Waals surface area contributed by atoms with Crippen molar-refractivity contribution in [2.45, 2.75) is 37.6 Å². The smallest absolute Gasteiger partial charge is 0.231 e. The van der Waals surface area contributed by atoms with Crippen LogP contribution in [0, 0.1) is 24.2 Å². The van der Waals surface area contributed by atoms with Gasteiger partial charge in [0.1, 0.15) is 24.9 Å². The lowest BCUT2D eigenvalue weighted by atomic mass is 9.64. The highest BCUT2D eigenvalue weighted by Crippen LogP contribution is 2.44. The van der Waals surface area contributed by atoms with Gasteiger partial charge in [0.15, 0.2) is 5.78 Å². The number of carbonyl (C=O) groups is 2. The average molecular weight is 502 g/mol. The molecule has 6 nitrogen and oxygen atoms in total. The van der Waals surface area contributed by atoms with E-state index in [2.05, 4.69) is 23.4 Å². The molecule has 1 saturated carbocycles. The number of benzene rings is 2. The molecule has 4 rings (SSSR count). The Morgan fingerprint density at radius 3 is 2.49 bits per heavy atom. The second-order valence-corrected chi connectivity index (χ2v) is 9.50. The Kier molecular flexibility index (Phi) is 9.93. The summed E-state index contributed by atoms with van der Waals surface area (Å²) < 4.78 is 16.3. The number of nitrogens with one attached hydrogen (secondary N) is 1. The standard InChI is InChI=1S/C31H35NO5/c1-2-18-35-19-20-36-21-22-37-25-15-12-23(13-16-25)14-17-28(33)30-29(24-8-4-3-5-9-24)26-10-6-7-11-27(26)32-31(30)34/h1,3-5,8-9,12-17,26-27,29-30H,6-7,10-11,18-22H2,(H,32,34)/b17-14+. The molecule has 1 heterocycles. The molecule has 1 amide bonds. The third-order valence-corrected chi connectivity index (χ3v) is 7.11. The van der Waals surface area contributed by atoms with Gasteiger partial charge in [0.2, 0.25) is 5.91 Å². The predicted octanol–water partition coefficient (Wildman–Crippen LogP) is 4.40. The van der Waals surface area contributed by atoms with Gasteiger partial charge in [0, 0.05) is 12.0 Å².